The number of halogens is 1. The van der Waals surface area contributed by atoms with E-state index in [9.17, 15) is 14.9 Å². The third-order valence-corrected chi connectivity index (χ3v) is 5.49. The Hall–Kier alpha value is -3.71. The van der Waals surface area contributed by atoms with Crippen LogP contribution in [0.4, 0.5) is 5.69 Å². The molecule has 0 fully saturated rings. The molecule has 0 aliphatic rings. The average Bonchev–Trinajstić information content (AvgIpc) is 3.09. The fourth-order valence-electron chi connectivity index (χ4n) is 3.54. The standard InChI is InChI=1S/C23H19ClN4O3/c1-27-21-10-6-5-9-19(21)25-22(27)14-20(15-7-3-2-4-8-15)26-23(29)17-12-11-16(28(30)31)13-18(17)24/h2-13,20H,14H2,1H3,(H,26,29)/t20-/m1/s1. The third kappa shape index (κ3) is 4.27. The second-order valence-electron chi connectivity index (χ2n) is 7.14. The van der Waals surface area contributed by atoms with Gasteiger partial charge in [-0.3, -0.25) is 14.9 Å². The Morgan fingerprint density at radius 3 is 2.52 bits per heavy atom. The van der Waals surface area contributed by atoms with Gasteiger partial charge in [0.2, 0.25) is 0 Å². The molecule has 156 valence electrons. The number of hydrogen-bond acceptors (Lipinski definition) is 4. The zero-order chi connectivity index (χ0) is 22.0. The van der Waals surface area contributed by atoms with Gasteiger partial charge in [-0.2, -0.15) is 0 Å². The molecule has 0 unspecified atom stereocenters. The molecule has 8 heteroatoms. The van der Waals surface area contributed by atoms with Crippen molar-refractivity contribution >= 4 is 34.2 Å². The summed E-state index contributed by atoms with van der Waals surface area (Å²) in [6.45, 7) is 0. The van der Waals surface area contributed by atoms with E-state index < -0.39 is 10.8 Å². The highest BCUT2D eigenvalue weighted by molar-refractivity contribution is 6.34. The van der Waals surface area contributed by atoms with Crippen molar-refractivity contribution in [1.82, 2.24) is 14.9 Å². The number of nitro benzene ring substituents is 1. The van der Waals surface area contributed by atoms with Crippen LogP contribution >= 0.6 is 11.6 Å². The van der Waals surface area contributed by atoms with E-state index in [0.717, 1.165) is 22.4 Å². The van der Waals surface area contributed by atoms with E-state index in [0.29, 0.717) is 6.42 Å². The van der Waals surface area contributed by atoms with Crippen LogP contribution in [-0.4, -0.2) is 20.4 Å². The number of aromatic nitrogens is 2. The average molecular weight is 435 g/mol. The van der Waals surface area contributed by atoms with Crippen molar-refractivity contribution in [2.24, 2.45) is 7.05 Å². The first-order valence-electron chi connectivity index (χ1n) is 9.64. The molecule has 1 atom stereocenters. The largest absolute Gasteiger partial charge is 0.345 e. The van der Waals surface area contributed by atoms with Gasteiger partial charge in [0.1, 0.15) is 5.82 Å². The number of para-hydroxylation sites is 2. The van der Waals surface area contributed by atoms with Crippen molar-refractivity contribution in [1.29, 1.82) is 0 Å². The summed E-state index contributed by atoms with van der Waals surface area (Å²) in [5, 5.41) is 14.0. The van der Waals surface area contributed by atoms with Crippen molar-refractivity contribution in [2.45, 2.75) is 12.5 Å². The van der Waals surface area contributed by atoms with Gasteiger partial charge in [0, 0.05) is 25.6 Å². The second kappa shape index (κ2) is 8.57. The van der Waals surface area contributed by atoms with Crippen LogP contribution < -0.4 is 5.32 Å². The number of non-ortho nitro benzene ring substituents is 1. The van der Waals surface area contributed by atoms with Gasteiger partial charge in [0.05, 0.1) is 32.6 Å². The molecule has 1 aromatic heterocycles. The number of rotatable bonds is 6. The van der Waals surface area contributed by atoms with E-state index in [1.807, 2.05) is 66.2 Å². The minimum Gasteiger partial charge on any atom is -0.345 e. The third-order valence-electron chi connectivity index (χ3n) is 5.18. The number of fused-ring (bicyclic) bond motifs is 1. The molecule has 0 spiro atoms. The minimum atomic E-state index is -0.550. The SMILES string of the molecule is Cn1c(C[C@@H](NC(=O)c2ccc([N+](=O)[O-])cc2Cl)c2ccccc2)nc2ccccc21. The number of imidazole rings is 1. The topological polar surface area (TPSA) is 90.1 Å². The highest BCUT2D eigenvalue weighted by Crippen LogP contribution is 2.25. The van der Waals surface area contributed by atoms with Gasteiger partial charge in [0.25, 0.3) is 11.6 Å². The number of nitrogens with zero attached hydrogens (tertiary/aromatic N) is 3. The minimum absolute atomic E-state index is 0.0289. The molecule has 1 amide bonds. The predicted octanol–water partition coefficient (Wildman–Crippen LogP) is 4.85. The first-order chi connectivity index (χ1) is 14.9. The Morgan fingerprint density at radius 2 is 1.84 bits per heavy atom. The molecule has 0 saturated carbocycles. The summed E-state index contributed by atoms with van der Waals surface area (Å²) in [5.74, 6) is 0.415. The quantitative estimate of drug-likeness (QED) is 0.347. The highest BCUT2D eigenvalue weighted by Gasteiger charge is 2.22. The van der Waals surface area contributed by atoms with Gasteiger partial charge in [-0.1, -0.05) is 54.1 Å². The molecule has 7 nitrogen and oxygen atoms in total. The molecular formula is C23H19ClN4O3. The maximum atomic E-state index is 13.0. The summed E-state index contributed by atoms with van der Waals surface area (Å²) < 4.78 is 2.01. The molecule has 0 bridgehead atoms. The van der Waals surface area contributed by atoms with Crippen molar-refractivity contribution in [3.63, 3.8) is 0 Å². The normalized spacial score (nSPS) is 11.9. The van der Waals surface area contributed by atoms with Crippen molar-refractivity contribution < 1.29 is 9.72 Å². The summed E-state index contributed by atoms with van der Waals surface area (Å²) in [5.41, 5.74) is 2.82. The summed E-state index contributed by atoms with van der Waals surface area (Å²) >= 11 is 6.15. The molecular weight excluding hydrogens is 416 g/mol. The lowest BCUT2D eigenvalue weighted by atomic mass is 10.0. The molecule has 0 saturated heterocycles. The Bertz CT molecular complexity index is 1270. The number of carbonyl (C=O) groups is 1. The molecule has 31 heavy (non-hydrogen) atoms. The first kappa shape index (κ1) is 20.6. The number of amides is 1. The fraction of sp³-hybridized carbons (Fsp3) is 0.130. The number of carbonyl (C=O) groups excluding carboxylic acids is 1. The molecule has 0 aliphatic carbocycles. The van der Waals surface area contributed by atoms with Gasteiger partial charge in [0.15, 0.2) is 0 Å². The summed E-state index contributed by atoms with van der Waals surface area (Å²) in [7, 11) is 1.95. The zero-order valence-corrected chi connectivity index (χ0v) is 17.4. The van der Waals surface area contributed by atoms with E-state index in [4.69, 9.17) is 16.6 Å². The van der Waals surface area contributed by atoms with Crippen LogP contribution in [0.1, 0.15) is 27.8 Å². The van der Waals surface area contributed by atoms with Crippen LogP contribution in [0.5, 0.6) is 0 Å². The van der Waals surface area contributed by atoms with Gasteiger partial charge in [-0.15, -0.1) is 0 Å². The number of nitro groups is 1. The Labute approximate surface area is 183 Å². The molecule has 3 aromatic carbocycles. The van der Waals surface area contributed by atoms with E-state index >= 15 is 0 Å². The fourth-order valence-corrected chi connectivity index (χ4v) is 3.80. The second-order valence-corrected chi connectivity index (χ2v) is 7.55. The van der Waals surface area contributed by atoms with Gasteiger partial charge in [-0.25, -0.2) is 4.98 Å². The van der Waals surface area contributed by atoms with Crippen molar-refractivity contribution in [2.75, 3.05) is 0 Å². The molecule has 1 heterocycles. The van der Waals surface area contributed by atoms with Crippen LogP contribution in [0.2, 0.25) is 5.02 Å². The number of benzene rings is 3. The van der Waals surface area contributed by atoms with Crippen molar-refractivity contribution in [3.8, 4) is 0 Å². The number of hydrogen-bond donors (Lipinski definition) is 1. The Kier molecular flexibility index (Phi) is 5.68. The van der Waals surface area contributed by atoms with Crippen LogP contribution in [-0.2, 0) is 13.5 Å². The molecule has 0 radical (unpaired) electrons. The highest BCUT2D eigenvalue weighted by atomic mass is 35.5. The van der Waals surface area contributed by atoms with Crippen LogP contribution in [0.15, 0.2) is 72.8 Å². The van der Waals surface area contributed by atoms with Crippen LogP contribution in [0.25, 0.3) is 11.0 Å². The lowest BCUT2D eigenvalue weighted by Crippen LogP contribution is -2.30. The Balaban J connectivity index is 1.65. The predicted molar refractivity (Wildman–Crippen MR) is 119 cm³/mol. The molecule has 0 aliphatic heterocycles. The maximum Gasteiger partial charge on any atom is 0.270 e. The lowest BCUT2D eigenvalue weighted by Gasteiger charge is -2.19. The summed E-state index contributed by atoms with van der Waals surface area (Å²) in [4.78, 5) is 28.1. The summed E-state index contributed by atoms with van der Waals surface area (Å²) in [6.07, 6.45) is 0.464. The van der Waals surface area contributed by atoms with Gasteiger partial charge < -0.3 is 9.88 Å². The smallest absolute Gasteiger partial charge is 0.270 e. The van der Waals surface area contributed by atoms with E-state index in [1.165, 1.54) is 18.2 Å². The van der Waals surface area contributed by atoms with Gasteiger partial charge in [-0.05, 0) is 23.8 Å². The lowest BCUT2D eigenvalue weighted by molar-refractivity contribution is -0.384. The summed E-state index contributed by atoms with van der Waals surface area (Å²) in [6, 6.07) is 20.9. The number of aryl methyl sites for hydroxylation is 1. The molecule has 1 N–H and O–H groups in total. The maximum absolute atomic E-state index is 13.0. The van der Waals surface area contributed by atoms with E-state index in [2.05, 4.69) is 5.32 Å². The zero-order valence-electron chi connectivity index (χ0n) is 16.7. The first-order valence-corrected chi connectivity index (χ1v) is 10.0. The van der Waals surface area contributed by atoms with Crippen molar-refractivity contribution in [3.05, 3.63) is 105 Å². The van der Waals surface area contributed by atoms with Gasteiger partial charge >= 0.3 is 0 Å². The van der Waals surface area contributed by atoms with Crippen LogP contribution in [0, 0.1) is 10.1 Å². The number of nitrogens with one attached hydrogen (secondary N) is 1. The monoisotopic (exact) mass is 434 g/mol. The van der Waals surface area contributed by atoms with E-state index in [-0.39, 0.29) is 22.3 Å². The molecule has 4 rings (SSSR count). The Morgan fingerprint density at radius 1 is 1.13 bits per heavy atom. The van der Waals surface area contributed by atoms with Crippen LogP contribution in [0.3, 0.4) is 0 Å². The van der Waals surface area contributed by atoms with E-state index in [1.54, 1.807) is 0 Å². The molecule has 4 aromatic rings.